The SMILES string of the molecule is CC1CN(c2cc(N)ccc2C(N)=O)CC(C)N1C. The number of carbonyl (C=O) groups excluding carboxylic acids is 1. The molecule has 5 nitrogen and oxygen atoms in total. The molecule has 4 N–H and O–H groups in total. The Balaban J connectivity index is 2.36. The minimum atomic E-state index is -0.408. The van der Waals surface area contributed by atoms with Gasteiger partial charge in [-0.2, -0.15) is 0 Å². The van der Waals surface area contributed by atoms with Gasteiger partial charge in [0.05, 0.1) is 11.3 Å². The van der Waals surface area contributed by atoms with Crippen molar-refractivity contribution >= 4 is 17.3 Å². The average Bonchev–Trinajstić information content (AvgIpc) is 2.34. The Morgan fingerprint density at radius 2 is 1.84 bits per heavy atom. The molecule has 0 bridgehead atoms. The van der Waals surface area contributed by atoms with Gasteiger partial charge in [-0.1, -0.05) is 0 Å². The van der Waals surface area contributed by atoms with Crippen LogP contribution in [0.1, 0.15) is 24.2 Å². The van der Waals surface area contributed by atoms with E-state index in [1.54, 1.807) is 12.1 Å². The third kappa shape index (κ3) is 2.66. The largest absolute Gasteiger partial charge is 0.399 e. The Hall–Kier alpha value is -1.75. The molecule has 2 rings (SSSR count). The normalized spacial score (nSPS) is 24.5. The second-order valence-electron chi connectivity index (χ2n) is 5.41. The maximum absolute atomic E-state index is 11.5. The van der Waals surface area contributed by atoms with E-state index in [9.17, 15) is 4.79 Å². The zero-order chi connectivity index (χ0) is 14.2. The van der Waals surface area contributed by atoms with Gasteiger partial charge in [-0.15, -0.1) is 0 Å². The number of nitrogen functional groups attached to an aromatic ring is 1. The summed E-state index contributed by atoms with van der Waals surface area (Å²) in [6, 6.07) is 6.11. The van der Waals surface area contributed by atoms with Gasteiger partial charge in [0.2, 0.25) is 0 Å². The number of likely N-dealkylation sites (N-methyl/N-ethyl adjacent to an activating group) is 1. The molecular weight excluding hydrogens is 240 g/mol. The molecule has 0 spiro atoms. The first kappa shape index (κ1) is 13.7. The molecule has 2 atom stereocenters. The summed E-state index contributed by atoms with van der Waals surface area (Å²) in [5.74, 6) is -0.408. The van der Waals surface area contributed by atoms with Crippen LogP contribution in [0.25, 0.3) is 0 Å². The van der Waals surface area contributed by atoms with Crippen LogP contribution < -0.4 is 16.4 Å². The van der Waals surface area contributed by atoms with Crippen molar-refractivity contribution in [3.05, 3.63) is 23.8 Å². The van der Waals surface area contributed by atoms with Crippen molar-refractivity contribution in [1.29, 1.82) is 0 Å². The van der Waals surface area contributed by atoms with Gasteiger partial charge in [-0.05, 0) is 39.1 Å². The van der Waals surface area contributed by atoms with Crippen molar-refractivity contribution < 1.29 is 4.79 Å². The number of benzene rings is 1. The second-order valence-corrected chi connectivity index (χ2v) is 5.41. The lowest BCUT2D eigenvalue weighted by molar-refractivity contribution is 0.1000. The van der Waals surface area contributed by atoms with Crippen molar-refractivity contribution in [3.8, 4) is 0 Å². The summed E-state index contributed by atoms with van der Waals surface area (Å²) in [4.78, 5) is 16.1. The van der Waals surface area contributed by atoms with Crippen molar-refractivity contribution in [3.63, 3.8) is 0 Å². The first-order chi connectivity index (χ1) is 8.90. The van der Waals surface area contributed by atoms with Crippen LogP contribution in [0.5, 0.6) is 0 Å². The molecule has 1 fully saturated rings. The number of carbonyl (C=O) groups is 1. The summed E-state index contributed by atoms with van der Waals surface area (Å²) in [6.45, 7) is 6.09. The second kappa shape index (κ2) is 5.09. The summed E-state index contributed by atoms with van der Waals surface area (Å²) in [6.07, 6.45) is 0. The van der Waals surface area contributed by atoms with Crippen molar-refractivity contribution in [2.75, 3.05) is 30.8 Å². The van der Waals surface area contributed by atoms with Gasteiger partial charge < -0.3 is 16.4 Å². The number of hydrogen-bond donors (Lipinski definition) is 2. The number of rotatable bonds is 2. The highest BCUT2D eigenvalue weighted by atomic mass is 16.1. The molecule has 0 saturated carbocycles. The van der Waals surface area contributed by atoms with Crippen LogP contribution in [0, 0.1) is 0 Å². The number of anilines is 2. The number of piperazine rings is 1. The van der Waals surface area contributed by atoms with E-state index in [4.69, 9.17) is 11.5 Å². The molecule has 104 valence electrons. The third-order valence-electron chi connectivity index (χ3n) is 3.99. The van der Waals surface area contributed by atoms with E-state index in [1.807, 2.05) is 6.07 Å². The van der Waals surface area contributed by atoms with E-state index >= 15 is 0 Å². The molecule has 1 aliphatic heterocycles. The molecule has 2 unspecified atom stereocenters. The Morgan fingerprint density at radius 3 is 2.37 bits per heavy atom. The summed E-state index contributed by atoms with van der Waals surface area (Å²) < 4.78 is 0. The van der Waals surface area contributed by atoms with E-state index in [2.05, 4.69) is 30.7 Å². The predicted molar refractivity (Wildman–Crippen MR) is 78.3 cm³/mol. The van der Waals surface area contributed by atoms with E-state index < -0.39 is 5.91 Å². The summed E-state index contributed by atoms with van der Waals surface area (Å²) in [5, 5.41) is 0. The standard InChI is InChI=1S/C14H22N4O/c1-9-7-18(8-10(2)17(9)3)13-6-11(15)4-5-12(13)14(16)19/h4-6,9-10H,7-8,15H2,1-3H3,(H2,16,19). The van der Waals surface area contributed by atoms with Crippen LogP contribution in [0.4, 0.5) is 11.4 Å². The van der Waals surface area contributed by atoms with Gasteiger partial charge in [0.15, 0.2) is 0 Å². The van der Waals surface area contributed by atoms with Crippen LogP contribution in [-0.2, 0) is 0 Å². The Bertz CT molecular complexity index is 476. The molecule has 0 aliphatic carbocycles. The van der Waals surface area contributed by atoms with Crippen molar-refractivity contribution in [1.82, 2.24) is 4.90 Å². The lowest BCUT2D eigenvalue weighted by Crippen LogP contribution is -2.55. The van der Waals surface area contributed by atoms with E-state index in [0.29, 0.717) is 23.3 Å². The first-order valence-electron chi connectivity index (χ1n) is 6.56. The minimum absolute atomic E-state index is 0.408. The number of nitrogens with two attached hydrogens (primary N) is 2. The van der Waals surface area contributed by atoms with Gasteiger partial charge in [0.1, 0.15) is 0 Å². The average molecular weight is 262 g/mol. The fraction of sp³-hybridized carbons (Fsp3) is 0.500. The minimum Gasteiger partial charge on any atom is -0.399 e. The van der Waals surface area contributed by atoms with Crippen LogP contribution in [0.3, 0.4) is 0 Å². The molecule has 1 amide bonds. The molecule has 1 saturated heterocycles. The highest BCUT2D eigenvalue weighted by molar-refractivity contribution is 5.99. The van der Waals surface area contributed by atoms with Crippen LogP contribution in [0.2, 0.25) is 0 Å². The van der Waals surface area contributed by atoms with Crippen molar-refractivity contribution in [2.45, 2.75) is 25.9 Å². The highest BCUT2D eigenvalue weighted by Gasteiger charge is 2.28. The van der Waals surface area contributed by atoms with Crippen LogP contribution >= 0.6 is 0 Å². The number of amides is 1. The van der Waals surface area contributed by atoms with Crippen molar-refractivity contribution in [2.24, 2.45) is 5.73 Å². The monoisotopic (exact) mass is 262 g/mol. The van der Waals surface area contributed by atoms with Gasteiger partial charge in [0, 0.05) is 30.9 Å². The summed E-state index contributed by atoms with van der Waals surface area (Å²) in [5.41, 5.74) is 13.3. The maximum atomic E-state index is 11.5. The molecular formula is C14H22N4O. The highest BCUT2D eigenvalue weighted by Crippen LogP contribution is 2.27. The van der Waals surface area contributed by atoms with Gasteiger partial charge in [0.25, 0.3) is 5.91 Å². The lowest BCUT2D eigenvalue weighted by Gasteiger charge is -2.44. The van der Waals surface area contributed by atoms with Crippen LogP contribution in [0.15, 0.2) is 18.2 Å². The number of nitrogens with zero attached hydrogens (tertiary/aromatic N) is 2. The summed E-state index contributed by atoms with van der Waals surface area (Å²) >= 11 is 0. The molecule has 0 aromatic heterocycles. The maximum Gasteiger partial charge on any atom is 0.250 e. The van der Waals surface area contributed by atoms with E-state index in [0.717, 1.165) is 18.8 Å². The quantitative estimate of drug-likeness (QED) is 0.776. The Labute approximate surface area is 114 Å². The summed E-state index contributed by atoms with van der Waals surface area (Å²) in [7, 11) is 2.13. The number of hydrogen-bond acceptors (Lipinski definition) is 4. The van der Waals surface area contributed by atoms with Gasteiger partial charge in [-0.3, -0.25) is 9.69 Å². The molecule has 19 heavy (non-hydrogen) atoms. The first-order valence-corrected chi connectivity index (χ1v) is 6.56. The number of primary amides is 1. The molecule has 1 heterocycles. The third-order valence-corrected chi connectivity index (χ3v) is 3.99. The molecule has 0 radical (unpaired) electrons. The fourth-order valence-corrected chi connectivity index (χ4v) is 2.62. The molecule has 1 aromatic carbocycles. The smallest absolute Gasteiger partial charge is 0.250 e. The van der Waals surface area contributed by atoms with E-state index in [1.165, 1.54) is 0 Å². The fourth-order valence-electron chi connectivity index (χ4n) is 2.62. The predicted octanol–water partition coefficient (Wildman–Crippen LogP) is 0.897. The Kier molecular flexibility index (Phi) is 3.66. The van der Waals surface area contributed by atoms with Crippen LogP contribution in [-0.4, -0.2) is 43.0 Å². The lowest BCUT2D eigenvalue weighted by atomic mass is 10.0. The zero-order valence-corrected chi connectivity index (χ0v) is 11.8. The van der Waals surface area contributed by atoms with Gasteiger partial charge in [-0.25, -0.2) is 0 Å². The van der Waals surface area contributed by atoms with Gasteiger partial charge >= 0.3 is 0 Å². The Morgan fingerprint density at radius 1 is 1.26 bits per heavy atom. The van der Waals surface area contributed by atoms with E-state index in [-0.39, 0.29) is 0 Å². The zero-order valence-electron chi connectivity index (χ0n) is 11.8. The molecule has 5 heteroatoms. The molecule has 1 aromatic rings. The topological polar surface area (TPSA) is 75.6 Å². The molecule has 1 aliphatic rings.